The number of nitrogens with one attached hydrogen (secondary N) is 3. The van der Waals surface area contributed by atoms with Crippen LogP contribution in [0.5, 0.6) is 5.75 Å². The zero-order valence-electron chi connectivity index (χ0n) is 39.6. The van der Waals surface area contributed by atoms with Gasteiger partial charge in [-0.25, -0.2) is 24.4 Å². The van der Waals surface area contributed by atoms with Gasteiger partial charge in [0.05, 0.1) is 17.8 Å². The summed E-state index contributed by atoms with van der Waals surface area (Å²) >= 11 is 1.31. The van der Waals surface area contributed by atoms with E-state index in [1.807, 2.05) is 51.3 Å². The first-order valence-corrected chi connectivity index (χ1v) is 23.0. The molecule has 1 aromatic carbocycles. The number of nitrogens with zero attached hydrogens (tertiary/aromatic N) is 3. The smallest absolute Gasteiger partial charge is 0.411 e. The maximum absolute atomic E-state index is 13.7. The van der Waals surface area contributed by atoms with Gasteiger partial charge in [0.25, 0.3) is 0 Å². The van der Waals surface area contributed by atoms with E-state index in [9.17, 15) is 28.8 Å². The molecule has 17 heteroatoms. The Balaban J connectivity index is 0.000000392. The van der Waals surface area contributed by atoms with Crippen molar-refractivity contribution in [3.8, 4) is 17.1 Å². The van der Waals surface area contributed by atoms with Crippen LogP contribution in [0.15, 0.2) is 42.3 Å². The molecule has 4 amide bonds. The second-order valence-electron chi connectivity index (χ2n) is 20.6. The molecule has 3 fully saturated rings. The van der Waals surface area contributed by atoms with Crippen LogP contribution in [0, 0.1) is 23.7 Å². The van der Waals surface area contributed by atoms with E-state index < -0.39 is 58.8 Å². The zero-order chi connectivity index (χ0) is 48.2. The predicted molar refractivity (Wildman–Crippen MR) is 249 cm³/mol. The fourth-order valence-electron chi connectivity index (χ4n) is 7.93. The van der Waals surface area contributed by atoms with Crippen LogP contribution >= 0.6 is 11.3 Å². The van der Waals surface area contributed by atoms with Crippen LogP contribution in [-0.4, -0.2) is 97.7 Å². The fourth-order valence-corrected chi connectivity index (χ4v) is 8.65. The molecular weight excluding hydrogens is 853 g/mol. The summed E-state index contributed by atoms with van der Waals surface area (Å²) in [6.45, 7) is 23.9. The van der Waals surface area contributed by atoms with E-state index in [0.717, 1.165) is 36.6 Å². The third-order valence-corrected chi connectivity index (χ3v) is 12.1. The Kier molecular flexibility index (Phi) is 15.4. The second kappa shape index (κ2) is 19.9. The van der Waals surface area contributed by atoms with Crippen molar-refractivity contribution < 1.29 is 48.1 Å². The molecule has 3 heterocycles. The van der Waals surface area contributed by atoms with Gasteiger partial charge in [-0.2, -0.15) is 0 Å². The number of aliphatic carboxylic acids is 1. The minimum atomic E-state index is -1.04. The number of pyridine rings is 1. The Morgan fingerprint density at radius 1 is 0.985 bits per heavy atom. The normalized spacial score (nSPS) is 21.3. The lowest BCUT2D eigenvalue weighted by Crippen LogP contribution is -2.53. The summed E-state index contributed by atoms with van der Waals surface area (Å²) in [6, 6.07) is 5.79. The van der Waals surface area contributed by atoms with E-state index in [4.69, 9.17) is 24.3 Å². The molecule has 0 radical (unpaired) electrons. The van der Waals surface area contributed by atoms with Gasteiger partial charge in [0.2, 0.25) is 11.8 Å². The van der Waals surface area contributed by atoms with Crippen molar-refractivity contribution in [3.63, 3.8) is 0 Å². The van der Waals surface area contributed by atoms with Crippen LogP contribution in [0.1, 0.15) is 120 Å². The van der Waals surface area contributed by atoms with Crippen molar-refractivity contribution in [2.45, 2.75) is 157 Å². The van der Waals surface area contributed by atoms with Gasteiger partial charge in [0.15, 0.2) is 10.9 Å². The number of carboxylic acids is 1. The standard InChI is InChI=1S/C36H45N5O6S.C12H21NO4/c1-10-22-16-36(22,21(3)42)40-31(44)28-14-23(18-41(28)33(45)47-35(7,8)9)46-29-15-26(37-25-13-20(2)11-12-24(25)29)27-19-48-32(38-27)39-30(43)17-34(4,5)6;1-12(2,3)9(10(14)15)13-11(16)17-8-6-4-5-7-8/h10-13,15,19,22-23,28H,1,14,16-18H2,2-9H3,(H,40,44)(H,38,39,43);8-9H,4-7H2,1-3H3,(H,13,16)(H,14,15)/t22-,23-,28+,36+;9-/m11/s1. The summed E-state index contributed by atoms with van der Waals surface area (Å²) in [4.78, 5) is 85.7. The molecule has 0 spiro atoms. The maximum atomic E-state index is 13.7. The molecule has 4 N–H and O–H groups in total. The highest BCUT2D eigenvalue weighted by Crippen LogP contribution is 2.45. The number of hydrogen-bond donors (Lipinski definition) is 4. The lowest BCUT2D eigenvalue weighted by atomic mass is 9.87. The number of hydrogen-bond acceptors (Lipinski definition) is 12. The molecule has 1 aliphatic heterocycles. The number of fused-ring (bicyclic) bond motifs is 1. The molecule has 2 aliphatic carbocycles. The number of aromatic nitrogens is 2. The number of aryl methyl sites for hydroxylation is 1. The Morgan fingerprint density at radius 3 is 2.23 bits per heavy atom. The molecule has 16 nitrogen and oxygen atoms in total. The van der Waals surface area contributed by atoms with Gasteiger partial charge in [-0.3, -0.25) is 19.3 Å². The Bertz CT molecular complexity index is 2280. The molecule has 6 rings (SSSR count). The van der Waals surface area contributed by atoms with Crippen molar-refractivity contribution in [3.05, 3.63) is 47.9 Å². The van der Waals surface area contributed by atoms with Gasteiger partial charge < -0.3 is 35.3 Å². The Hall–Kier alpha value is -5.58. The number of Topliss-reactive ketones (excluding diaryl/α,β-unsaturated/α-hetero) is 1. The van der Waals surface area contributed by atoms with Crippen LogP contribution in [0.25, 0.3) is 22.3 Å². The summed E-state index contributed by atoms with van der Waals surface area (Å²) in [5.74, 6) is -1.39. The first kappa shape index (κ1) is 50.4. The molecule has 2 aromatic heterocycles. The van der Waals surface area contributed by atoms with Crippen LogP contribution in [0.3, 0.4) is 0 Å². The number of carboxylic acid groups (broad SMARTS) is 1. The number of carbonyl (C=O) groups is 6. The molecule has 5 atom stereocenters. The molecule has 65 heavy (non-hydrogen) atoms. The fraction of sp³-hybridized carbons (Fsp3) is 0.583. The predicted octanol–water partition coefficient (Wildman–Crippen LogP) is 8.60. The van der Waals surface area contributed by atoms with Gasteiger partial charge in [-0.15, -0.1) is 17.9 Å². The number of amides is 4. The molecular formula is C48H66N6O10S. The lowest BCUT2D eigenvalue weighted by Gasteiger charge is -2.28. The summed E-state index contributed by atoms with van der Waals surface area (Å²) in [7, 11) is 0. The van der Waals surface area contributed by atoms with Gasteiger partial charge in [0, 0.05) is 35.6 Å². The number of benzene rings is 1. The van der Waals surface area contributed by atoms with E-state index in [1.54, 1.807) is 53.7 Å². The zero-order valence-corrected chi connectivity index (χ0v) is 40.4. The SMILES string of the molecule is C=C[C@@H]1C[C@]1(NC(=O)[C@@H]1C[C@@H](Oc2cc(-c3csc(NC(=O)CC(C)(C)C)n3)nc3cc(C)ccc23)CN1C(=O)OC(C)(C)C)C(C)=O.CC(C)(C)[C@H](NC(=O)OC1CCCC1)C(=O)O. The van der Waals surface area contributed by atoms with Gasteiger partial charge in [-0.05, 0) is 95.2 Å². The van der Waals surface area contributed by atoms with Crippen LogP contribution in [0.2, 0.25) is 0 Å². The monoisotopic (exact) mass is 918 g/mol. The van der Waals surface area contributed by atoms with Crippen molar-refractivity contribution in [2.75, 3.05) is 11.9 Å². The topological polar surface area (TPSA) is 215 Å². The molecule has 354 valence electrons. The molecule has 2 saturated carbocycles. The average molecular weight is 919 g/mol. The number of alkyl carbamates (subject to hydrolysis) is 1. The van der Waals surface area contributed by atoms with E-state index in [0.29, 0.717) is 40.6 Å². The minimum Gasteiger partial charge on any atom is -0.488 e. The number of likely N-dealkylation sites (tertiary alicyclic amines) is 1. The lowest BCUT2D eigenvalue weighted by molar-refractivity contribution is -0.142. The minimum absolute atomic E-state index is 0.0515. The molecule has 0 bridgehead atoms. The van der Waals surface area contributed by atoms with Crippen LogP contribution in [0.4, 0.5) is 14.7 Å². The second-order valence-corrected chi connectivity index (χ2v) is 21.5. The highest BCUT2D eigenvalue weighted by Gasteiger charge is 2.59. The number of carbonyl (C=O) groups excluding carboxylic acids is 5. The summed E-state index contributed by atoms with van der Waals surface area (Å²) in [5, 5.41) is 20.4. The number of ketones is 1. The number of rotatable bonds is 12. The number of thiazole rings is 1. The third kappa shape index (κ3) is 13.5. The summed E-state index contributed by atoms with van der Waals surface area (Å²) < 4.78 is 17.4. The van der Waals surface area contributed by atoms with Gasteiger partial charge in [0.1, 0.15) is 46.9 Å². The number of ether oxygens (including phenoxy) is 3. The maximum Gasteiger partial charge on any atom is 0.411 e. The highest BCUT2D eigenvalue weighted by atomic mass is 32.1. The molecule has 0 unspecified atom stereocenters. The third-order valence-electron chi connectivity index (χ3n) is 11.3. The molecule has 3 aromatic rings. The van der Waals surface area contributed by atoms with Crippen molar-refractivity contribution in [1.82, 2.24) is 25.5 Å². The summed E-state index contributed by atoms with van der Waals surface area (Å²) in [6.07, 6.45) is 4.69. The van der Waals surface area contributed by atoms with E-state index in [-0.39, 0.29) is 42.1 Å². The molecule has 1 saturated heterocycles. The van der Waals surface area contributed by atoms with E-state index >= 15 is 0 Å². The Labute approximate surface area is 385 Å². The summed E-state index contributed by atoms with van der Waals surface area (Å²) in [5.41, 5.74) is 0.344. The van der Waals surface area contributed by atoms with E-state index in [1.165, 1.54) is 23.2 Å². The van der Waals surface area contributed by atoms with Gasteiger partial charge >= 0.3 is 18.2 Å². The first-order valence-electron chi connectivity index (χ1n) is 22.2. The number of anilines is 1. The molecule has 3 aliphatic rings. The van der Waals surface area contributed by atoms with E-state index in [2.05, 4.69) is 27.5 Å². The average Bonchev–Trinajstić information content (AvgIpc) is 3.58. The quantitative estimate of drug-likeness (QED) is 0.126. The van der Waals surface area contributed by atoms with Crippen LogP contribution < -0.4 is 20.7 Å². The highest BCUT2D eigenvalue weighted by molar-refractivity contribution is 7.14. The van der Waals surface area contributed by atoms with Crippen molar-refractivity contribution in [2.24, 2.45) is 16.7 Å². The first-order chi connectivity index (χ1) is 30.2. The largest absolute Gasteiger partial charge is 0.488 e. The van der Waals surface area contributed by atoms with Crippen LogP contribution in [-0.2, 0) is 28.7 Å². The van der Waals surface area contributed by atoms with Crippen molar-refractivity contribution >= 4 is 63.1 Å². The Morgan fingerprint density at radius 2 is 1.66 bits per heavy atom. The van der Waals surface area contributed by atoms with Gasteiger partial charge in [-0.1, -0.05) is 53.7 Å². The van der Waals surface area contributed by atoms with Crippen molar-refractivity contribution in [1.29, 1.82) is 0 Å².